The highest BCUT2D eigenvalue weighted by Crippen LogP contribution is 2.42. The summed E-state index contributed by atoms with van der Waals surface area (Å²) in [6.45, 7) is 0. The van der Waals surface area contributed by atoms with Crippen molar-refractivity contribution in [2.45, 2.75) is 6.42 Å². The molecule has 1 aliphatic carbocycles. The summed E-state index contributed by atoms with van der Waals surface area (Å²) in [5, 5.41) is 2.03. The van der Waals surface area contributed by atoms with Gasteiger partial charge >= 0.3 is 0 Å². The van der Waals surface area contributed by atoms with Crippen LogP contribution in [0.4, 0.5) is 0 Å². The van der Waals surface area contributed by atoms with Gasteiger partial charge in [-0.15, -0.1) is 0 Å². The van der Waals surface area contributed by atoms with E-state index in [0.29, 0.717) is 0 Å². The lowest BCUT2D eigenvalue weighted by Crippen LogP contribution is -1.93. The molecule has 1 heteroatoms. The summed E-state index contributed by atoms with van der Waals surface area (Å²) in [4.78, 5) is 0. The Kier molecular flexibility index (Phi) is 1.95. The zero-order chi connectivity index (χ0) is 21.4. The third-order valence-electron chi connectivity index (χ3n) is 5.30. The largest absolute Gasteiger partial charge is 0.309 e. The Morgan fingerprint density at radius 2 is 1.50 bits per heavy atom. The van der Waals surface area contributed by atoms with Crippen LogP contribution in [0.3, 0.4) is 0 Å². The smallest absolute Gasteiger partial charge is 0.0645 e. The van der Waals surface area contributed by atoms with E-state index in [1.165, 1.54) is 16.7 Å². The van der Waals surface area contributed by atoms with Gasteiger partial charge in [0.25, 0.3) is 0 Å². The van der Waals surface area contributed by atoms with Crippen molar-refractivity contribution in [1.82, 2.24) is 4.57 Å². The zero-order valence-corrected chi connectivity index (χ0v) is 13.9. The van der Waals surface area contributed by atoms with Crippen LogP contribution in [-0.4, -0.2) is 4.57 Å². The minimum Gasteiger partial charge on any atom is -0.309 e. The van der Waals surface area contributed by atoms with E-state index >= 15 is 0 Å². The normalized spacial score (nSPS) is 15.2. The van der Waals surface area contributed by atoms with Crippen molar-refractivity contribution in [3.63, 3.8) is 0 Å². The predicted molar refractivity (Wildman–Crippen MR) is 109 cm³/mol. The van der Waals surface area contributed by atoms with Gasteiger partial charge in [0.1, 0.15) is 0 Å². The molecule has 0 saturated carbocycles. The Bertz CT molecular complexity index is 1540. The zero-order valence-electron chi connectivity index (χ0n) is 18.9. The first kappa shape index (κ1) is 9.98. The first-order valence-corrected chi connectivity index (χ1v) is 8.69. The van der Waals surface area contributed by atoms with Gasteiger partial charge in [0.05, 0.1) is 17.9 Å². The van der Waals surface area contributed by atoms with E-state index in [2.05, 4.69) is 24.3 Å². The third kappa shape index (κ3) is 1.80. The SMILES string of the molecule is [2H]c1c([2H])c([2H])c(-n2c3ccccc3c3cc4c(cc32)-c2ccccc2C4)c([2H])c1[2H]. The van der Waals surface area contributed by atoms with Crippen LogP contribution in [0, 0.1) is 0 Å². The molecule has 0 N–H and O–H groups in total. The van der Waals surface area contributed by atoms with Gasteiger partial charge in [-0.25, -0.2) is 0 Å². The molecule has 0 fully saturated rings. The van der Waals surface area contributed by atoms with Crippen molar-refractivity contribution >= 4 is 21.8 Å². The minimum atomic E-state index is -0.380. The number of nitrogens with zero attached hydrogens (tertiary/aromatic N) is 1. The average Bonchev–Trinajstić information content (AvgIpc) is 3.31. The van der Waals surface area contributed by atoms with Crippen LogP contribution in [0.25, 0.3) is 38.6 Å². The van der Waals surface area contributed by atoms with E-state index in [-0.39, 0.29) is 35.9 Å². The van der Waals surface area contributed by atoms with Gasteiger partial charge in [-0.3, -0.25) is 0 Å². The molecule has 0 saturated heterocycles. The summed E-state index contributed by atoms with van der Waals surface area (Å²) in [6, 6.07) is 19.1. The standard InChI is InChI=1S/C25H17N/c1-2-9-19(10-3-1)26-24-13-7-6-12-21(24)23-15-18-14-17-8-4-5-11-20(17)22(18)16-25(23)26/h1-13,15-16H,14H2/i1D,2D,3D,9D,10D. The van der Waals surface area contributed by atoms with Crippen LogP contribution < -0.4 is 0 Å². The Morgan fingerprint density at radius 1 is 0.692 bits per heavy atom. The number of aromatic nitrogens is 1. The van der Waals surface area contributed by atoms with Crippen LogP contribution >= 0.6 is 0 Å². The van der Waals surface area contributed by atoms with E-state index in [9.17, 15) is 0 Å². The summed E-state index contributed by atoms with van der Waals surface area (Å²) in [5.74, 6) is 0. The van der Waals surface area contributed by atoms with E-state index in [1.807, 2.05) is 41.0 Å². The summed E-state index contributed by atoms with van der Waals surface area (Å²) >= 11 is 0. The van der Waals surface area contributed by atoms with Crippen molar-refractivity contribution in [2.75, 3.05) is 0 Å². The first-order chi connectivity index (χ1) is 15.0. The van der Waals surface area contributed by atoms with Crippen LogP contribution in [0.15, 0.2) is 90.9 Å². The molecule has 26 heavy (non-hydrogen) atoms. The van der Waals surface area contributed by atoms with Crippen molar-refractivity contribution in [2.24, 2.45) is 0 Å². The molecule has 1 nitrogen and oxygen atoms in total. The van der Waals surface area contributed by atoms with Crippen LogP contribution in [0.2, 0.25) is 0 Å². The summed E-state index contributed by atoms with van der Waals surface area (Å²) in [5.41, 5.74) is 6.71. The van der Waals surface area contributed by atoms with Crippen LogP contribution in [0.5, 0.6) is 0 Å². The van der Waals surface area contributed by atoms with E-state index in [1.54, 1.807) is 0 Å². The molecule has 5 aromatic rings. The molecule has 0 aliphatic heterocycles. The van der Waals surface area contributed by atoms with Crippen LogP contribution in [0.1, 0.15) is 18.0 Å². The molecule has 6 rings (SSSR count). The summed E-state index contributed by atoms with van der Waals surface area (Å²) < 4.78 is 43.2. The topological polar surface area (TPSA) is 4.93 Å². The second-order valence-electron chi connectivity index (χ2n) is 6.69. The Hall–Kier alpha value is -3.32. The van der Waals surface area contributed by atoms with Gasteiger partial charge in [-0.05, 0) is 59.0 Å². The lowest BCUT2D eigenvalue weighted by Gasteiger charge is -2.09. The molecule has 4 aromatic carbocycles. The monoisotopic (exact) mass is 336 g/mol. The first-order valence-electron chi connectivity index (χ1n) is 11.2. The third-order valence-corrected chi connectivity index (χ3v) is 5.30. The van der Waals surface area contributed by atoms with Crippen molar-refractivity contribution in [3.05, 3.63) is 102 Å². The quantitative estimate of drug-likeness (QED) is 0.329. The Labute approximate surface area is 159 Å². The molecule has 0 bridgehead atoms. The van der Waals surface area contributed by atoms with Crippen LogP contribution in [-0.2, 0) is 6.42 Å². The lowest BCUT2D eigenvalue weighted by molar-refractivity contribution is 1.18. The molecule has 0 spiro atoms. The fraction of sp³-hybridized carbons (Fsp3) is 0.0400. The Balaban J connectivity index is 1.79. The number of benzene rings is 4. The van der Waals surface area contributed by atoms with E-state index in [0.717, 1.165) is 33.8 Å². The molecular formula is C25H17N. The number of hydrogen-bond donors (Lipinski definition) is 0. The minimum absolute atomic E-state index is 0.184. The maximum Gasteiger partial charge on any atom is 0.0645 e. The fourth-order valence-electron chi connectivity index (χ4n) is 4.20. The molecule has 0 radical (unpaired) electrons. The van der Waals surface area contributed by atoms with Gasteiger partial charge in [0.15, 0.2) is 0 Å². The molecule has 0 unspecified atom stereocenters. The maximum atomic E-state index is 8.54. The van der Waals surface area contributed by atoms with Crippen molar-refractivity contribution in [3.8, 4) is 16.8 Å². The van der Waals surface area contributed by atoms with Gasteiger partial charge < -0.3 is 4.57 Å². The van der Waals surface area contributed by atoms with Gasteiger partial charge in [0, 0.05) is 16.5 Å². The predicted octanol–water partition coefficient (Wildman–Crippen LogP) is 6.35. The van der Waals surface area contributed by atoms with Gasteiger partial charge in [-0.1, -0.05) is 60.6 Å². The number of hydrogen-bond acceptors (Lipinski definition) is 0. The maximum absolute atomic E-state index is 8.54. The highest BCUT2D eigenvalue weighted by atomic mass is 15.0. The van der Waals surface area contributed by atoms with E-state index < -0.39 is 0 Å². The average molecular weight is 336 g/mol. The Morgan fingerprint density at radius 3 is 2.42 bits per heavy atom. The molecule has 1 heterocycles. The number of para-hydroxylation sites is 2. The van der Waals surface area contributed by atoms with Gasteiger partial charge in [0.2, 0.25) is 0 Å². The highest BCUT2D eigenvalue weighted by molar-refractivity contribution is 6.11. The lowest BCUT2D eigenvalue weighted by atomic mass is 10.0. The fourth-order valence-corrected chi connectivity index (χ4v) is 4.20. The molecular weight excluding hydrogens is 314 g/mol. The van der Waals surface area contributed by atoms with E-state index in [4.69, 9.17) is 6.85 Å². The van der Waals surface area contributed by atoms with Gasteiger partial charge in [-0.2, -0.15) is 0 Å². The number of fused-ring (bicyclic) bond motifs is 6. The second kappa shape index (κ2) is 5.09. The van der Waals surface area contributed by atoms with Crippen molar-refractivity contribution < 1.29 is 6.85 Å². The molecule has 1 aromatic heterocycles. The molecule has 1 aliphatic rings. The summed E-state index contributed by atoms with van der Waals surface area (Å²) in [6.07, 6.45) is 0.871. The highest BCUT2D eigenvalue weighted by Gasteiger charge is 2.21. The molecule has 0 amide bonds. The number of rotatable bonds is 1. The molecule has 122 valence electrons. The molecule has 0 atom stereocenters. The second-order valence-corrected chi connectivity index (χ2v) is 6.69. The summed E-state index contributed by atoms with van der Waals surface area (Å²) in [7, 11) is 0. The van der Waals surface area contributed by atoms with Crippen molar-refractivity contribution in [1.29, 1.82) is 0 Å².